The Morgan fingerprint density at radius 1 is 1.22 bits per heavy atom. The average molecular weight is 261 g/mol. The molecule has 0 aromatic carbocycles. The molecule has 0 rings (SSSR count). The van der Waals surface area contributed by atoms with Gasteiger partial charge in [-0.25, -0.2) is 0 Å². The molecule has 0 aliphatic carbocycles. The van der Waals surface area contributed by atoms with E-state index >= 15 is 0 Å². The largest absolute Gasteiger partial charge is 0.481 e. The Morgan fingerprint density at radius 2 is 1.78 bits per heavy atom. The van der Waals surface area contributed by atoms with Crippen LogP contribution in [0.1, 0.15) is 33.6 Å². The summed E-state index contributed by atoms with van der Waals surface area (Å²) in [5.41, 5.74) is -0.640. The molecular formula is C11H19NO6. The fourth-order valence-corrected chi connectivity index (χ4v) is 1.16. The number of hydrogen-bond donors (Lipinski definition) is 3. The Labute approximate surface area is 105 Å². The summed E-state index contributed by atoms with van der Waals surface area (Å²) in [6.07, 6.45) is -0.369. The minimum Gasteiger partial charge on any atom is -0.481 e. The molecule has 0 amide bonds. The second-order valence-corrected chi connectivity index (χ2v) is 4.79. The predicted molar refractivity (Wildman–Crippen MR) is 62.1 cm³/mol. The summed E-state index contributed by atoms with van der Waals surface area (Å²) in [7, 11) is 0. The van der Waals surface area contributed by atoms with Crippen molar-refractivity contribution >= 4 is 17.9 Å². The molecule has 0 fully saturated rings. The molecule has 0 heterocycles. The van der Waals surface area contributed by atoms with E-state index < -0.39 is 29.6 Å². The highest BCUT2D eigenvalue weighted by molar-refractivity contribution is 5.77. The van der Waals surface area contributed by atoms with Crippen LogP contribution in [0.5, 0.6) is 0 Å². The highest BCUT2D eigenvalue weighted by Gasteiger charge is 2.21. The number of carboxylic acid groups (broad SMARTS) is 2. The monoisotopic (exact) mass is 261 g/mol. The van der Waals surface area contributed by atoms with Gasteiger partial charge < -0.3 is 14.9 Å². The van der Waals surface area contributed by atoms with Crippen molar-refractivity contribution in [3.63, 3.8) is 0 Å². The molecule has 0 bridgehead atoms. The van der Waals surface area contributed by atoms with Gasteiger partial charge in [-0.2, -0.15) is 0 Å². The predicted octanol–water partition coefficient (Wildman–Crippen LogP) is 0.236. The van der Waals surface area contributed by atoms with Crippen LogP contribution in [0.3, 0.4) is 0 Å². The van der Waals surface area contributed by atoms with Crippen LogP contribution in [0, 0.1) is 0 Å². The summed E-state index contributed by atoms with van der Waals surface area (Å²) in [4.78, 5) is 32.5. The molecule has 7 heteroatoms. The van der Waals surface area contributed by atoms with Gasteiger partial charge in [-0.15, -0.1) is 0 Å². The highest BCUT2D eigenvalue weighted by atomic mass is 16.6. The number of nitrogens with one attached hydrogen (secondary N) is 1. The van der Waals surface area contributed by atoms with E-state index in [0.29, 0.717) is 0 Å². The fourth-order valence-electron chi connectivity index (χ4n) is 1.16. The van der Waals surface area contributed by atoms with Crippen molar-refractivity contribution in [1.29, 1.82) is 0 Å². The van der Waals surface area contributed by atoms with Crippen LogP contribution < -0.4 is 5.32 Å². The number of carbonyl (C=O) groups excluding carboxylic acids is 1. The van der Waals surface area contributed by atoms with Crippen molar-refractivity contribution in [2.24, 2.45) is 0 Å². The lowest BCUT2D eigenvalue weighted by molar-refractivity contribution is -0.154. The van der Waals surface area contributed by atoms with Gasteiger partial charge in [0.1, 0.15) is 11.6 Å². The number of ether oxygens (including phenoxy) is 1. The van der Waals surface area contributed by atoms with E-state index in [1.165, 1.54) is 0 Å². The standard InChI is InChI=1S/C11H19NO6/c1-11(2,3)18-9(15)6-12-7(10(16)17)4-5-8(13)14/h7,12H,4-6H2,1-3H3,(H,13,14)(H,16,17). The normalized spacial score (nSPS) is 12.8. The molecule has 0 aliphatic rings. The molecular weight excluding hydrogens is 242 g/mol. The van der Waals surface area contributed by atoms with Gasteiger partial charge in [0.05, 0.1) is 6.54 Å². The maximum atomic E-state index is 11.3. The summed E-state index contributed by atoms with van der Waals surface area (Å²) < 4.78 is 4.98. The smallest absolute Gasteiger partial charge is 0.320 e. The van der Waals surface area contributed by atoms with Crippen LogP contribution in [-0.4, -0.2) is 46.3 Å². The molecule has 3 N–H and O–H groups in total. The van der Waals surface area contributed by atoms with Crippen molar-refractivity contribution in [3.8, 4) is 0 Å². The molecule has 0 aromatic rings. The first-order valence-corrected chi connectivity index (χ1v) is 5.51. The molecule has 0 aromatic heterocycles. The third-order valence-corrected chi connectivity index (χ3v) is 1.86. The van der Waals surface area contributed by atoms with Crippen molar-refractivity contribution in [3.05, 3.63) is 0 Å². The zero-order chi connectivity index (χ0) is 14.3. The van der Waals surface area contributed by atoms with E-state index in [4.69, 9.17) is 14.9 Å². The van der Waals surface area contributed by atoms with Crippen LogP contribution in [0.25, 0.3) is 0 Å². The molecule has 0 saturated heterocycles. The number of esters is 1. The average Bonchev–Trinajstić information content (AvgIpc) is 2.13. The van der Waals surface area contributed by atoms with Gasteiger partial charge in [-0.05, 0) is 27.2 Å². The molecule has 0 radical (unpaired) electrons. The van der Waals surface area contributed by atoms with Gasteiger partial charge in [-0.3, -0.25) is 19.7 Å². The number of hydrogen-bond acceptors (Lipinski definition) is 5. The second-order valence-electron chi connectivity index (χ2n) is 4.79. The van der Waals surface area contributed by atoms with E-state index in [9.17, 15) is 14.4 Å². The molecule has 18 heavy (non-hydrogen) atoms. The van der Waals surface area contributed by atoms with Gasteiger partial charge in [0.15, 0.2) is 0 Å². The number of rotatable bonds is 7. The Bertz CT molecular complexity index is 320. The van der Waals surface area contributed by atoms with Crippen molar-refractivity contribution in [1.82, 2.24) is 5.32 Å². The first-order chi connectivity index (χ1) is 8.11. The zero-order valence-electron chi connectivity index (χ0n) is 10.7. The SMILES string of the molecule is CC(C)(C)OC(=O)CNC(CCC(=O)O)C(=O)O. The third kappa shape index (κ3) is 8.51. The van der Waals surface area contributed by atoms with Gasteiger partial charge >= 0.3 is 17.9 Å². The van der Waals surface area contributed by atoms with Crippen molar-refractivity contribution < 1.29 is 29.3 Å². The number of carboxylic acids is 2. The van der Waals surface area contributed by atoms with E-state index in [0.717, 1.165) is 0 Å². The van der Waals surface area contributed by atoms with E-state index in [1.807, 2.05) is 0 Å². The van der Waals surface area contributed by atoms with Crippen molar-refractivity contribution in [2.45, 2.75) is 45.3 Å². The van der Waals surface area contributed by atoms with Gasteiger partial charge in [0.2, 0.25) is 0 Å². The van der Waals surface area contributed by atoms with Gasteiger partial charge in [0.25, 0.3) is 0 Å². The van der Waals surface area contributed by atoms with Crippen LogP contribution in [0.4, 0.5) is 0 Å². The first kappa shape index (κ1) is 16.4. The Hall–Kier alpha value is -1.63. The van der Waals surface area contributed by atoms with Crippen LogP contribution in [0.2, 0.25) is 0 Å². The minimum absolute atomic E-state index is 0.0898. The first-order valence-electron chi connectivity index (χ1n) is 5.51. The molecule has 1 unspecified atom stereocenters. The Kier molecular flexibility index (Phi) is 6.32. The lowest BCUT2D eigenvalue weighted by atomic mass is 10.1. The van der Waals surface area contributed by atoms with Gasteiger partial charge in [0, 0.05) is 6.42 Å². The highest BCUT2D eigenvalue weighted by Crippen LogP contribution is 2.06. The molecule has 1 atom stereocenters. The number of carbonyl (C=O) groups is 3. The van der Waals surface area contributed by atoms with E-state index in [2.05, 4.69) is 5.32 Å². The maximum absolute atomic E-state index is 11.3. The third-order valence-electron chi connectivity index (χ3n) is 1.86. The zero-order valence-corrected chi connectivity index (χ0v) is 10.7. The summed E-state index contributed by atoms with van der Waals surface area (Å²) in [5.74, 6) is -2.86. The minimum atomic E-state index is -1.19. The number of aliphatic carboxylic acids is 2. The van der Waals surface area contributed by atoms with Crippen LogP contribution in [-0.2, 0) is 19.1 Å². The summed E-state index contributed by atoms with van der Waals surface area (Å²) in [5, 5.41) is 19.7. The van der Waals surface area contributed by atoms with Gasteiger partial charge in [-0.1, -0.05) is 0 Å². The lowest BCUT2D eigenvalue weighted by Gasteiger charge is -2.20. The fraction of sp³-hybridized carbons (Fsp3) is 0.727. The maximum Gasteiger partial charge on any atom is 0.320 e. The molecule has 0 spiro atoms. The molecule has 104 valence electrons. The summed E-state index contributed by atoms with van der Waals surface area (Å²) in [6, 6.07) is -1.08. The Balaban J connectivity index is 4.15. The molecule has 0 aliphatic heterocycles. The van der Waals surface area contributed by atoms with E-state index in [1.54, 1.807) is 20.8 Å². The second kappa shape index (κ2) is 6.95. The summed E-state index contributed by atoms with van der Waals surface area (Å²) in [6.45, 7) is 4.83. The quantitative estimate of drug-likeness (QED) is 0.562. The van der Waals surface area contributed by atoms with Crippen molar-refractivity contribution in [2.75, 3.05) is 6.54 Å². The van der Waals surface area contributed by atoms with E-state index in [-0.39, 0.29) is 19.4 Å². The molecule has 0 saturated carbocycles. The van der Waals surface area contributed by atoms with Crippen LogP contribution in [0.15, 0.2) is 0 Å². The Morgan fingerprint density at radius 3 is 2.17 bits per heavy atom. The van der Waals surface area contributed by atoms with Crippen LogP contribution >= 0.6 is 0 Å². The lowest BCUT2D eigenvalue weighted by Crippen LogP contribution is -2.41. The molecule has 7 nitrogen and oxygen atoms in total. The topological polar surface area (TPSA) is 113 Å². The summed E-state index contributed by atoms with van der Waals surface area (Å²) >= 11 is 0.